The van der Waals surface area contributed by atoms with Crippen LogP contribution in [0.1, 0.15) is 0 Å². The summed E-state index contributed by atoms with van der Waals surface area (Å²) in [6.45, 7) is 0. The van der Waals surface area contributed by atoms with Crippen molar-refractivity contribution in [2.24, 2.45) is 0 Å². The first-order valence-electron chi connectivity index (χ1n) is 11.3. The van der Waals surface area contributed by atoms with Crippen LogP contribution < -0.4 is 4.74 Å². The zero-order valence-corrected chi connectivity index (χ0v) is 18.0. The summed E-state index contributed by atoms with van der Waals surface area (Å²) >= 11 is 0. The molecule has 1 heteroatoms. The van der Waals surface area contributed by atoms with E-state index in [1.807, 2.05) is 6.07 Å². The SMILES string of the molecule is c1ccc(-c2cccc3cccc(-c4cc5c6c(cccc6c4)Oc4ccccc4-5)c23)cc1. The van der Waals surface area contributed by atoms with Crippen LogP contribution >= 0.6 is 0 Å². The lowest BCUT2D eigenvalue weighted by molar-refractivity contribution is 0.487. The van der Waals surface area contributed by atoms with Crippen molar-refractivity contribution in [3.8, 4) is 44.9 Å². The molecular weight excluding hydrogens is 400 g/mol. The Morgan fingerprint density at radius 2 is 1.00 bits per heavy atom. The van der Waals surface area contributed by atoms with Gasteiger partial charge >= 0.3 is 0 Å². The van der Waals surface area contributed by atoms with Crippen LogP contribution in [0.25, 0.3) is 54.9 Å². The zero-order valence-electron chi connectivity index (χ0n) is 18.0. The highest BCUT2D eigenvalue weighted by atomic mass is 16.5. The molecule has 0 atom stereocenters. The van der Waals surface area contributed by atoms with E-state index in [2.05, 4.69) is 115 Å². The number of hydrogen-bond acceptors (Lipinski definition) is 1. The van der Waals surface area contributed by atoms with Crippen LogP contribution in [0.5, 0.6) is 11.5 Å². The van der Waals surface area contributed by atoms with Crippen LogP contribution in [0.3, 0.4) is 0 Å². The van der Waals surface area contributed by atoms with E-state index in [4.69, 9.17) is 4.74 Å². The van der Waals surface area contributed by atoms with Crippen LogP contribution in [0, 0.1) is 0 Å². The number of hydrogen-bond donors (Lipinski definition) is 0. The van der Waals surface area contributed by atoms with Gasteiger partial charge in [0, 0.05) is 10.9 Å². The van der Waals surface area contributed by atoms with E-state index in [0.29, 0.717) is 0 Å². The third-order valence-electron chi connectivity index (χ3n) is 6.64. The lowest BCUT2D eigenvalue weighted by Gasteiger charge is -2.22. The molecule has 0 radical (unpaired) electrons. The van der Waals surface area contributed by atoms with Crippen LogP contribution in [0.15, 0.2) is 121 Å². The molecule has 0 fully saturated rings. The van der Waals surface area contributed by atoms with E-state index in [0.717, 1.165) is 17.1 Å². The highest BCUT2D eigenvalue weighted by molar-refractivity contribution is 6.11. The lowest BCUT2D eigenvalue weighted by Crippen LogP contribution is -1.97. The Bertz CT molecular complexity index is 1670. The molecule has 0 aliphatic carbocycles. The first-order chi connectivity index (χ1) is 16.4. The molecule has 1 nitrogen and oxygen atoms in total. The summed E-state index contributed by atoms with van der Waals surface area (Å²) in [6, 6.07) is 43.2. The van der Waals surface area contributed by atoms with Crippen molar-refractivity contribution in [3.05, 3.63) is 121 Å². The van der Waals surface area contributed by atoms with Crippen LogP contribution in [0.2, 0.25) is 0 Å². The van der Waals surface area contributed by atoms with Crippen LogP contribution in [-0.4, -0.2) is 0 Å². The maximum absolute atomic E-state index is 6.24. The highest BCUT2D eigenvalue weighted by Crippen LogP contribution is 2.48. The maximum atomic E-state index is 6.24. The Hall–Kier alpha value is -4.36. The molecule has 33 heavy (non-hydrogen) atoms. The number of ether oxygens (including phenoxy) is 1. The van der Waals surface area contributed by atoms with Gasteiger partial charge in [0.25, 0.3) is 0 Å². The molecule has 0 saturated heterocycles. The second-order valence-electron chi connectivity index (χ2n) is 8.55. The van der Waals surface area contributed by atoms with Gasteiger partial charge in [-0.15, -0.1) is 0 Å². The van der Waals surface area contributed by atoms with Crippen molar-refractivity contribution >= 4 is 21.5 Å². The van der Waals surface area contributed by atoms with Crippen molar-refractivity contribution in [2.45, 2.75) is 0 Å². The fourth-order valence-electron chi connectivity index (χ4n) is 5.18. The van der Waals surface area contributed by atoms with Gasteiger partial charge in [0.1, 0.15) is 11.5 Å². The van der Waals surface area contributed by atoms with E-state index in [1.165, 1.54) is 49.4 Å². The summed E-state index contributed by atoms with van der Waals surface area (Å²) < 4.78 is 6.24. The fourth-order valence-corrected chi connectivity index (χ4v) is 5.18. The molecule has 0 N–H and O–H groups in total. The van der Waals surface area contributed by atoms with Gasteiger partial charge in [-0.05, 0) is 68.2 Å². The number of fused-ring (bicyclic) bond motifs is 3. The van der Waals surface area contributed by atoms with E-state index in [9.17, 15) is 0 Å². The number of para-hydroxylation sites is 1. The lowest BCUT2D eigenvalue weighted by atomic mass is 9.87. The van der Waals surface area contributed by atoms with Crippen molar-refractivity contribution in [1.82, 2.24) is 0 Å². The molecule has 6 aromatic rings. The average Bonchev–Trinajstić information content (AvgIpc) is 2.88. The third-order valence-corrected chi connectivity index (χ3v) is 6.64. The molecule has 6 aromatic carbocycles. The van der Waals surface area contributed by atoms with E-state index in [-0.39, 0.29) is 0 Å². The van der Waals surface area contributed by atoms with Crippen LogP contribution in [0.4, 0.5) is 0 Å². The molecule has 0 saturated carbocycles. The second-order valence-corrected chi connectivity index (χ2v) is 8.55. The van der Waals surface area contributed by atoms with Gasteiger partial charge in [-0.1, -0.05) is 97.1 Å². The zero-order chi connectivity index (χ0) is 21.8. The largest absolute Gasteiger partial charge is 0.456 e. The molecule has 0 amide bonds. The second kappa shape index (κ2) is 7.08. The summed E-state index contributed by atoms with van der Waals surface area (Å²) in [5.41, 5.74) is 7.34. The van der Waals surface area contributed by atoms with Gasteiger partial charge in [-0.25, -0.2) is 0 Å². The minimum atomic E-state index is 0.914. The van der Waals surface area contributed by atoms with E-state index in [1.54, 1.807) is 0 Å². The molecule has 0 aromatic heterocycles. The summed E-state index contributed by atoms with van der Waals surface area (Å²) in [7, 11) is 0. The number of rotatable bonds is 2. The van der Waals surface area contributed by atoms with Gasteiger partial charge in [0.2, 0.25) is 0 Å². The van der Waals surface area contributed by atoms with Gasteiger partial charge in [0.15, 0.2) is 0 Å². The van der Waals surface area contributed by atoms with E-state index >= 15 is 0 Å². The third kappa shape index (κ3) is 2.79. The highest BCUT2D eigenvalue weighted by Gasteiger charge is 2.21. The van der Waals surface area contributed by atoms with Gasteiger partial charge in [-0.3, -0.25) is 0 Å². The van der Waals surface area contributed by atoms with Gasteiger partial charge in [-0.2, -0.15) is 0 Å². The van der Waals surface area contributed by atoms with Gasteiger partial charge < -0.3 is 4.74 Å². The predicted molar refractivity (Wildman–Crippen MR) is 138 cm³/mol. The smallest absolute Gasteiger partial charge is 0.135 e. The maximum Gasteiger partial charge on any atom is 0.135 e. The van der Waals surface area contributed by atoms with Crippen molar-refractivity contribution < 1.29 is 4.74 Å². The quantitative estimate of drug-likeness (QED) is 0.271. The van der Waals surface area contributed by atoms with Crippen molar-refractivity contribution in [2.75, 3.05) is 0 Å². The summed E-state index contributed by atoms with van der Waals surface area (Å²) in [6.07, 6.45) is 0. The molecule has 0 unspecified atom stereocenters. The minimum absolute atomic E-state index is 0.914. The Morgan fingerprint density at radius 1 is 0.364 bits per heavy atom. The molecule has 154 valence electrons. The topological polar surface area (TPSA) is 9.23 Å². The first kappa shape index (κ1) is 18.2. The Kier molecular flexibility index (Phi) is 3.91. The molecule has 0 bridgehead atoms. The normalized spacial score (nSPS) is 11.9. The molecular formula is C32H20O. The Morgan fingerprint density at radius 3 is 1.85 bits per heavy atom. The number of benzene rings is 6. The van der Waals surface area contributed by atoms with E-state index < -0.39 is 0 Å². The minimum Gasteiger partial charge on any atom is -0.456 e. The summed E-state index contributed by atoms with van der Waals surface area (Å²) in [5, 5.41) is 4.92. The standard InChI is InChI=1S/C32H20O/c1-2-9-21(10-3-1)25-15-6-11-22-12-7-16-26(31(22)25)24-19-23-13-8-18-30-32(23)28(20-24)27-14-4-5-17-29(27)33-30/h1-20H. The Labute approximate surface area is 192 Å². The molecule has 1 heterocycles. The predicted octanol–water partition coefficient (Wildman–Crippen LogP) is 9.10. The Balaban J connectivity index is 1.57. The molecule has 1 aliphatic heterocycles. The fraction of sp³-hybridized carbons (Fsp3) is 0. The van der Waals surface area contributed by atoms with Gasteiger partial charge in [0.05, 0.1) is 0 Å². The average molecular weight is 421 g/mol. The van der Waals surface area contributed by atoms with Crippen molar-refractivity contribution in [3.63, 3.8) is 0 Å². The van der Waals surface area contributed by atoms with Crippen LogP contribution in [-0.2, 0) is 0 Å². The van der Waals surface area contributed by atoms with Crippen molar-refractivity contribution in [1.29, 1.82) is 0 Å². The molecule has 7 rings (SSSR count). The summed E-state index contributed by atoms with van der Waals surface area (Å²) in [5.74, 6) is 1.84. The molecule has 1 aliphatic rings. The monoisotopic (exact) mass is 420 g/mol. The summed E-state index contributed by atoms with van der Waals surface area (Å²) in [4.78, 5) is 0. The first-order valence-corrected chi connectivity index (χ1v) is 11.3. The molecule has 0 spiro atoms.